The van der Waals surface area contributed by atoms with Gasteiger partial charge in [-0.1, -0.05) is 20.8 Å². The number of hydrogen-bond acceptors (Lipinski definition) is 4. The molecule has 0 unspecified atom stereocenters. The molecule has 1 aliphatic heterocycles. The number of nitrogens with zero attached hydrogens (tertiary/aromatic N) is 3. The van der Waals surface area contributed by atoms with E-state index in [9.17, 15) is 9.59 Å². The van der Waals surface area contributed by atoms with Gasteiger partial charge in [-0.05, 0) is 24.3 Å². The van der Waals surface area contributed by atoms with E-state index in [4.69, 9.17) is 0 Å². The van der Waals surface area contributed by atoms with E-state index in [1.54, 1.807) is 0 Å². The largest absolute Gasteiger partial charge is 0.378 e. The Labute approximate surface area is 145 Å². The van der Waals surface area contributed by atoms with Crippen LogP contribution in [0.3, 0.4) is 0 Å². The Morgan fingerprint density at radius 3 is 2.00 bits per heavy atom. The monoisotopic (exact) mass is 331 g/mol. The Morgan fingerprint density at radius 2 is 1.54 bits per heavy atom. The summed E-state index contributed by atoms with van der Waals surface area (Å²) in [6.07, 6.45) is 0. The molecule has 1 saturated heterocycles. The first kappa shape index (κ1) is 18.5. The summed E-state index contributed by atoms with van der Waals surface area (Å²) in [4.78, 5) is 30.8. The topological polar surface area (TPSA) is 43.9 Å². The molecular weight excluding hydrogens is 302 g/mol. The standard InChI is InChI=1S/C19H29N3O2/c1-19(2,3)17(23)14-21-10-12-22(13-11-21)18(24)15-6-8-16(9-7-15)20(4)5/h6-9H,10-14H2,1-5H3. The number of Topliss-reactive ketones (excluding diaryl/α,β-unsaturated/α-hetero) is 1. The van der Waals surface area contributed by atoms with Gasteiger partial charge in [-0.25, -0.2) is 0 Å². The van der Waals surface area contributed by atoms with E-state index >= 15 is 0 Å². The molecule has 24 heavy (non-hydrogen) atoms. The van der Waals surface area contributed by atoms with Gasteiger partial charge in [0.1, 0.15) is 0 Å². The van der Waals surface area contributed by atoms with Gasteiger partial charge in [0.05, 0.1) is 6.54 Å². The van der Waals surface area contributed by atoms with Crippen LogP contribution in [0.1, 0.15) is 31.1 Å². The molecule has 5 nitrogen and oxygen atoms in total. The summed E-state index contributed by atoms with van der Waals surface area (Å²) in [5, 5.41) is 0. The molecule has 1 heterocycles. The molecule has 0 bridgehead atoms. The molecule has 1 amide bonds. The van der Waals surface area contributed by atoms with Gasteiger partial charge < -0.3 is 9.80 Å². The van der Waals surface area contributed by atoms with Gasteiger partial charge in [-0.2, -0.15) is 0 Å². The zero-order valence-corrected chi connectivity index (χ0v) is 15.5. The summed E-state index contributed by atoms with van der Waals surface area (Å²) in [7, 11) is 3.96. The van der Waals surface area contributed by atoms with Gasteiger partial charge in [-0.3, -0.25) is 14.5 Å². The molecular formula is C19H29N3O2. The van der Waals surface area contributed by atoms with Crippen molar-refractivity contribution < 1.29 is 9.59 Å². The second kappa shape index (κ2) is 7.34. The van der Waals surface area contributed by atoms with E-state index < -0.39 is 0 Å². The number of benzene rings is 1. The average molecular weight is 331 g/mol. The van der Waals surface area contributed by atoms with E-state index in [1.807, 2.05) is 68.9 Å². The molecule has 5 heteroatoms. The summed E-state index contributed by atoms with van der Waals surface area (Å²) in [6, 6.07) is 7.69. The van der Waals surface area contributed by atoms with Crippen molar-refractivity contribution in [3.63, 3.8) is 0 Å². The number of amides is 1. The highest BCUT2D eigenvalue weighted by Crippen LogP contribution is 2.17. The predicted octanol–water partition coefficient (Wildman–Crippen LogP) is 2.13. The fourth-order valence-corrected chi connectivity index (χ4v) is 2.63. The van der Waals surface area contributed by atoms with Crippen LogP contribution in [0.5, 0.6) is 0 Å². The van der Waals surface area contributed by atoms with Crippen molar-refractivity contribution in [3.05, 3.63) is 29.8 Å². The maximum absolute atomic E-state index is 12.6. The first-order valence-corrected chi connectivity index (χ1v) is 8.51. The van der Waals surface area contributed by atoms with Crippen LogP contribution in [0, 0.1) is 5.41 Å². The fraction of sp³-hybridized carbons (Fsp3) is 0.579. The van der Waals surface area contributed by atoms with Crippen molar-refractivity contribution in [1.29, 1.82) is 0 Å². The fourth-order valence-electron chi connectivity index (χ4n) is 2.63. The van der Waals surface area contributed by atoms with E-state index in [-0.39, 0.29) is 17.1 Å². The van der Waals surface area contributed by atoms with Crippen LogP contribution in [-0.2, 0) is 4.79 Å². The van der Waals surface area contributed by atoms with Gasteiger partial charge in [0.25, 0.3) is 5.91 Å². The average Bonchev–Trinajstić information content (AvgIpc) is 2.54. The normalized spacial score (nSPS) is 16.1. The van der Waals surface area contributed by atoms with Crippen molar-refractivity contribution in [1.82, 2.24) is 9.80 Å². The molecule has 0 saturated carbocycles. The van der Waals surface area contributed by atoms with Crippen molar-refractivity contribution >= 4 is 17.4 Å². The Hall–Kier alpha value is -1.88. The van der Waals surface area contributed by atoms with Crippen LogP contribution in [0.2, 0.25) is 0 Å². The Balaban J connectivity index is 1.89. The van der Waals surface area contributed by atoms with E-state index in [1.165, 1.54) is 0 Å². The second-order valence-electron chi connectivity index (χ2n) is 7.68. The molecule has 1 aromatic carbocycles. The molecule has 0 aromatic heterocycles. The number of ketones is 1. The number of carbonyl (C=O) groups excluding carboxylic acids is 2. The number of piperazine rings is 1. The third-order valence-corrected chi connectivity index (χ3v) is 4.49. The molecule has 132 valence electrons. The molecule has 1 fully saturated rings. The zero-order chi connectivity index (χ0) is 17.9. The molecule has 0 radical (unpaired) electrons. The Bertz CT molecular complexity index is 580. The van der Waals surface area contributed by atoms with E-state index in [0.717, 1.165) is 24.3 Å². The maximum atomic E-state index is 12.6. The maximum Gasteiger partial charge on any atom is 0.253 e. The van der Waals surface area contributed by atoms with Gasteiger partial charge in [0.2, 0.25) is 0 Å². The molecule has 0 N–H and O–H groups in total. The van der Waals surface area contributed by atoms with Crippen LogP contribution in [0.4, 0.5) is 5.69 Å². The van der Waals surface area contributed by atoms with E-state index in [0.29, 0.717) is 19.6 Å². The lowest BCUT2D eigenvalue weighted by molar-refractivity contribution is -0.127. The number of rotatable bonds is 4. The Morgan fingerprint density at radius 1 is 1.00 bits per heavy atom. The van der Waals surface area contributed by atoms with Crippen LogP contribution >= 0.6 is 0 Å². The second-order valence-corrected chi connectivity index (χ2v) is 7.68. The molecule has 2 rings (SSSR count). The lowest BCUT2D eigenvalue weighted by atomic mass is 9.90. The number of hydrogen-bond donors (Lipinski definition) is 0. The molecule has 0 atom stereocenters. The number of anilines is 1. The van der Waals surface area contributed by atoms with Crippen molar-refractivity contribution in [2.45, 2.75) is 20.8 Å². The van der Waals surface area contributed by atoms with Crippen molar-refractivity contribution in [2.24, 2.45) is 5.41 Å². The highest BCUT2D eigenvalue weighted by molar-refractivity contribution is 5.94. The molecule has 1 aromatic rings. The van der Waals surface area contributed by atoms with Crippen LogP contribution < -0.4 is 4.90 Å². The number of carbonyl (C=O) groups is 2. The third kappa shape index (κ3) is 4.57. The summed E-state index contributed by atoms with van der Waals surface area (Å²) >= 11 is 0. The quantitative estimate of drug-likeness (QED) is 0.848. The van der Waals surface area contributed by atoms with Gasteiger partial charge in [0, 0.05) is 56.9 Å². The van der Waals surface area contributed by atoms with Crippen molar-refractivity contribution in [3.8, 4) is 0 Å². The summed E-state index contributed by atoms with van der Waals surface area (Å²) in [5.74, 6) is 0.323. The first-order chi connectivity index (χ1) is 11.2. The minimum absolute atomic E-state index is 0.0714. The van der Waals surface area contributed by atoms with Gasteiger partial charge in [0.15, 0.2) is 5.78 Å². The zero-order valence-electron chi connectivity index (χ0n) is 15.5. The molecule has 0 aliphatic carbocycles. The van der Waals surface area contributed by atoms with Crippen LogP contribution in [0.15, 0.2) is 24.3 Å². The predicted molar refractivity (Wildman–Crippen MR) is 97.6 cm³/mol. The van der Waals surface area contributed by atoms with Crippen LogP contribution in [-0.4, -0.2) is 68.3 Å². The summed E-state index contributed by atoms with van der Waals surface area (Å²) < 4.78 is 0. The highest BCUT2D eigenvalue weighted by Gasteiger charge is 2.27. The SMILES string of the molecule is CN(C)c1ccc(C(=O)N2CCN(CC(=O)C(C)(C)C)CC2)cc1. The Kier molecular flexibility index (Phi) is 5.65. The summed E-state index contributed by atoms with van der Waals surface area (Å²) in [6.45, 7) is 9.18. The minimum atomic E-state index is -0.304. The smallest absolute Gasteiger partial charge is 0.253 e. The van der Waals surface area contributed by atoms with Gasteiger partial charge >= 0.3 is 0 Å². The first-order valence-electron chi connectivity index (χ1n) is 8.51. The van der Waals surface area contributed by atoms with Gasteiger partial charge in [-0.15, -0.1) is 0 Å². The van der Waals surface area contributed by atoms with E-state index in [2.05, 4.69) is 4.90 Å². The third-order valence-electron chi connectivity index (χ3n) is 4.49. The molecule has 1 aliphatic rings. The summed E-state index contributed by atoms with van der Waals surface area (Å²) in [5.41, 5.74) is 1.50. The van der Waals surface area contributed by atoms with Crippen molar-refractivity contribution in [2.75, 3.05) is 51.7 Å². The van der Waals surface area contributed by atoms with Crippen LogP contribution in [0.25, 0.3) is 0 Å². The highest BCUT2D eigenvalue weighted by atomic mass is 16.2. The minimum Gasteiger partial charge on any atom is -0.378 e. The lowest BCUT2D eigenvalue weighted by Crippen LogP contribution is -2.50. The molecule has 0 spiro atoms. The lowest BCUT2D eigenvalue weighted by Gasteiger charge is -2.35.